The molecule has 1 aliphatic rings. The number of hydrogen-bond donors (Lipinski definition) is 2. The number of rotatable bonds is 6. The van der Waals surface area contributed by atoms with Crippen molar-refractivity contribution in [2.45, 2.75) is 17.6 Å². The molecule has 10 nitrogen and oxygen atoms in total. The van der Waals surface area contributed by atoms with Crippen LogP contribution in [0.3, 0.4) is 0 Å². The van der Waals surface area contributed by atoms with Crippen molar-refractivity contribution in [3.05, 3.63) is 64.6 Å². The largest absolute Gasteiger partial charge is 0.490 e. The third kappa shape index (κ3) is 4.91. The van der Waals surface area contributed by atoms with Gasteiger partial charge in [0.2, 0.25) is 0 Å². The predicted octanol–water partition coefficient (Wildman–Crippen LogP) is 4.77. The number of nitriles is 1. The predicted molar refractivity (Wildman–Crippen MR) is 143 cm³/mol. The minimum Gasteiger partial charge on any atom is -0.490 e. The molecule has 5 rings (SSSR count). The molecule has 2 aromatic carbocycles. The van der Waals surface area contributed by atoms with E-state index in [1.807, 2.05) is 0 Å². The van der Waals surface area contributed by atoms with Crippen LogP contribution in [0.5, 0.6) is 11.8 Å². The minimum absolute atomic E-state index is 0.0202. The first-order valence-electron chi connectivity index (χ1n) is 11.9. The maximum atomic E-state index is 16.5. The van der Waals surface area contributed by atoms with Crippen molar-refractivity contribution in [2.75, 3.05) is 30.9 Å². The van der Waals surface area contributed by atoms with Gasteiger partial charge in [-0.15, -0.1) is 0 Å². The van der Waals surface area contributed by atoms with Gasteiger partial charge >= 0.3 is 12.2 Å². The number of thioether (sulfide) groups is 1. The summed E-state index contributed by atoms with van der Waals surface area (Å²) in [7, 11) is 1.20. The summed E-state index contributed by atoms with van der Waals surface area (Å²) in [4.78, 5) is 17.5. The molecule has 4 aromatic rings. The smallest absolute Gasteiger partial charge is 0.420 e. The van der Waals surface area contributed by atoms with E-state index in [1.54, 1.807) is 6.07 Å². The van der Waals surface area contributed by atoms with Gasteiger partial charge in [0.25, 0.3) is 0 Å². The number of hydrogen-bond acceptors (Lipinski definition) is 11. The summed E-state index contributed by atoms with van der Waals surface area (Å²) in [5.41, 5.74) is 7.47. The van der Waals surface area contributed by atoms with Crippen molar-refractivity contribution in [3.8, 4) is 29.0 Å². The summed E-state index contributed by atoms with van der Waals surface area (Å²) < 4.78 is 86.7. The summed E-state index contributed by atoms with van der Waals surface area (Å²) in [5, 5.41) is 9.36. The molecular formula is C26H19F5N8O2S. The Morgan fingerprint density at radius 3 is 2.62 bits per heavy atom. The fraction of sp³-hybridized carbons (Fsp3) is 0.192. The monoisotopic (exact) mass is 602 g/mol. The van der Waals surface area contributed by atoms with Crippen LogP contribution in [0.1, 0.15) is 16.8 Å². The first kappa shape index (κ1) is 28.6. The Labute approximate surface area is 238 Å². The summed E-state index contributed by atoms with van der Waals surface area (Å²) in [6.07, 6.45) is -2.45. The molecule has 0 amide bonds. The standard InChI is InChI=1S/C26H19F5N8O2S/c1-11(33)42-22-13(9-32)12(3-4-14(22)27)16-18(26(29,30)31)21-17-20(19(16)28)37-25(40-2)38-24(17)39(7-8-41-21)10-15-23(34)36-6-5-35-15/h3-6H,1,7-8,10,33H2,2H3,(H2,34,36). The highest BCUT2D eigenvalue weighted by Crippen LogP contribution is 2.52. The number of methoxy groups -OCH3 is 1. The van der Waals surface area contributed by atoms with E-state index in [4.69, 9.17) is 20.9 Å². The molecule has 2 aromatic heterocycles. The number of nitrogen functional groups attached to an aromatic ring is 1. The Morgan fingerprint density at radius 1 is 1.24 bits per heavy atom. The molecule has 0 radical (unpaired) electrons. The second-order valence-corrected chi connectivity index (χ2v) is 9.92. The molecule has 0 saturated heterocycles. The Bertz CT molecular complexity index is 1790. The number of benzene rings is 2. The van der Waals surface area contributed by atoms with E-state index in [-0.39, 0.29) is 48.1 Å². The fourth-order valence-electron chi connectivity index (χ4n) is 4.56. The lowest BCUT2D eigenvalue weighted by Gasteiger charge is -2.24. The van der Waals surface area contributed by atoms with Gasteiger partial charge in [-0.1, -0.05) is 18.3 Å². The van der Waals surface area contributed by atoms with Crippen LogP contribution in [0.4, 0.5) is 33.6 Å². The Balaban J connectivity index is 1.89. The van der Waals surface area contributed by atoms with Crippen molar-refractivity contribution in [1.29, 1.82) is 5.26 Å². The molecule has 3 heterocycles. The highest BCUT2D eigenvalue weighted by atomic mass is 32.2. The molecule has 0 spiro atoms. The third-order valence-electron chi connectivity index (χ3n) is 6.25. The average Bonchev–Trinajstić information content (AvgIpc) is 3.11. The zero-order valence-corrected chi connectivity index (χ0v) is 22.4. The number of halogens is 5. The highest BCUT2D eigenvalue weighted by molar-refractivity contribution is 8.03. The van der Waals surface area contributed by atoms with Gasteiger partial charge in [-0.2, -0.15) is 28.4 Å². The summed E-state index contributed by atoms with van der Waals surface area (Å²) in [6, 6.07) is 3.00. The Kier molecular flexibility index (Phi) is 7.37. The molecule has 0 atom stereocenters. The van der Waals surface area contributed by atoms with Gasteiger partial charge in [0.15, 0.2) is 5.82 Å². The molecule has 0 fully saturated rings. The molecule has 0 saturated carbocycles. The van der Waals surface area contributed by atoms with Crippen molar-refractivity contribution >= 4 is 34.3 Å². The summed E-state index contributed by atoms with van der Waals surface area (Å²) >= 11 is 0.521. The lowest BCUT2D eigenvalue weighted by atomic mass is 9.92. The number of nitrogens with zero attached hydrogens (tertiary/aromatic N) is 6. The van der Waals surface area contributed by atoms with Gasteiger partial charge in [0, 0.05) is 23.5 Å². The lowest BCUT2D eigenvalue weighted by Crippen LogP contribution is -2.28. The number of alkyl halides is 3. The van der Waals surface area contributed by atoms with Crippen LogP contribution in [0.25, 0.3) is 22.0 Å². The van der Waals surface area contributed by atoms with Gasteiger partial charge < -0.3 is 25.8 Å². The SMILES string of the molecule is C=C(N)Sc1c(F)ccc(-c2c(C(F)(F)F)c3c4c(nc(OC)nc4c2F)N(Cc2nccnc2N)CCO3)c1C#N. The van der Waals surface area contributed by atoms with E-state index in [0.717, 1.165) is 12.1 Å². The maximum absolute atomic E-state index is 16.5. The second kappa shape index (κ2) is 10.8. The molecule has 4 N–H and O–H groups in total. The Hall–Kier alpha value is -4.91. The van der Waals surface area contributed by atoms with Gasteiger partial charge in [0.1, 0.15) is 52.7 Å². The van der Waals surface area contributed by atoms with E-state index in [9.17, 15) is 22.8 Å². The molecule has 1 aliphatic heterocycles. The molecule has 42 heavy (non-hydrogen) atoms. The molecule has 0 bridgehead atoms. The van der Waals surface area contributed by atoms with Crippen LogP contribution >= 0.6 is 11.8 Å². The molecular weight excluding hydrogens is 583 g/mol. The first-order chi connectivity index (χ1) is 20.0. The van der Waals surface area contributed by atoms with Gasteiger partial charge in [-0.25, -0.2) is 13.8 Å². The van der Waals surface area contributed by atoms with E-state index in [2.05, 4.69) is 26.5 Å². The van der Waals surface area contributed by atoms with Crippen molar-refractivity contribution < 1.29 is 31.4 Å². The fourth-order valence-corrected chi connectivity index (χ4v) is 5.24. The summed E-state index contributed by atoms with van der Waals surface area (Å²) in [6.45, 7) is 3.05. The van der Waals surface area contributed by atoms with Crippen LogP contribution in [-0.2, 0) is 12.7 Å². The molecule has 0 aliphatic carbocycles. The van der Waals surface area contributed by atoms with Crippen molar-refractivity contribution in [2.24, 2.45) is 5.73 Å². The van der Waals surface area contributed by atoms with E-state index in [0.29, 0.717) is 11.8 Å². The van der Waals surface area contributed by atoms with Crippen molar-refractivity contribution in [1.82, 2.24) is 19.9 Å². The normalized spacial score (nSPS) is 12.9. The molecule has 216 valence electrons. The number of ether oxygens (including phenoxy) is 2. The van der Waals surface area contributed by atoms with Crippen LogP contribution < -0.4 is 25.8 Å². The van der Waals surface area contributed by atoms with Crippen LogP contribution in [-0.4, -0.2) is 40.2 Å². The molecule has 16 heteroatoms. The highest BCUT2D eigenvalue weighted by Gasteiger charge is 2.44. The third-order valence-corrected chi connectivity index (χ3v) is 7.11. The van der Waals surface area contributed by atoms with Crippen LogP contribution in [0.15, 0.2) is 41.0 Å². The second-order valence-electron chi connectivity index (χ2n) is 8.79. The maximum Gasteiger partial charge on any atom is 0.420 e. The Morgan fingerprint density at radius 2 is 1.98 bits per heavy atom. The zero-order chi connectivity index (χ0) is 30.3. The zero-order valence-electron chi connectivity index (χ0n) is 21.6. The van der Waals surface area contributed by atoms with Gasteiger partial charge in [-0.3, -0.25) is 4.98 Å². The van der Waals surface area contributed by atoms with Gasteiger partial charge in [0.05, 0.1) is 41.1 Å². The van der Waals surface area contributed by atoms with E-state index >= 15 is 4.39 Å². The quantitative estimate of drug-likeness (QED) is 0.232. The first-order valence-corrected chi connectivity index (χ1v) is 12.7. The van der Waals surface area contributed by atoms with Crippen LogP contribution in [0, 0.1) is 23.0 Å². The summed E-state index contributed by atoms with van der Waals surface area (Å²) in [5.74, 6) is -3.25. The number of anilines is 2. The topological polar surface area (TPSA) is 149 Å². The number of nitrogens with two attached hydrogens (primary N) is 2. The molecule has 0 unspecified atom stereocenters. The average molecular weight is 603 g/mol. The number of aromatic nitrogens is 4. The van der Waals surface area contributed by atoms with E-state index in [1.165, 1.54) is 24.4 Å². The van der Waals surface area contributed by atoms with Gasteiger partial charge in [-0.05, 0) is 12.1 Å². The minimum atomic E-state index is -5.21. The lowest BCUT2D eigenvalue weighted by molar-refractivity contribution is -0.138. The van der Waals surface area contributed by atoms with Crippen molar-refractivity contribution in [3.63, 3.8) is 0 Å². The van der Waals surface area contributed by atoms with E-state index < -0.39 is 61.6 Å². The van der Waals surface area contributed by atoms with Crippen LogP contribution in [0.2, 0.25) is 0 Å².